The summed E-state index contributed by atoms with van der Waals surface area (Å²) in [6, 6.07) is 0.599. The van der Waals surface area contributed by atoms with Crippen LogP contribution in [0.3, 0.4) is 0 Å². The summed E-state index contributed by atoms with van der Waals surface area (Å²) in [4.78, 5) is 0. The third kappa shape index (κ3) is 6.39. The van der Waals surface area contributed by atoms with Crippen molar-refractivity contribution in [2.75, 3.05) is 6.54 Å². The van der Waals surface area contributed by atoms with E-state index in [-0.39, 0.29) is 0 Å². The Labute approximate surface area is 89.9 Å². The molecule has 0 saturated heterocycles. The SMILES string of the molecule is CCC(C)NC(NCC(C)C)C(C)C. The van der Waals surface area contributed by atoms with Crippen molar-refractivity contribution >= 4 is 0 Å². The van der Waals surface area contributed by atoms with E-state index < -0.39 is 0 Å². The van der Waals surface area contributed by atoms with Crippen molar-refractivity contribution in [3.63, 3.8) is 0 Å². The highest BCUT2D eigenvalue weighted by molar-refractivity contribution is 4.72. The van der Waals surface area contributed by atoms with Crippen LogP contribution >= 0.6 is 0 Å². The molecule has 2 nitrogen and oxygen atoms in total. The van der Waals surface area contributed by atoms with E-state index in [1.54, 1.807) is 0 Å². The molecule has 0 aliphatic rings. The lowest BCUT2D eigenvalue weighted by atomic mass is 10.1. The van der Waals surface area contributed by atoms with Crippen LogP contribution in [-0.2, 0) is 0 Å². The molecule has 0 amide bonds. The summed E-state index contributed by atoms with van der Waals surface area (Å²) >= 11 is 0. The van der Waals surface area contributed by atoms with Gasteiger partial charge >= 0.3 is 0 Å². The second-order valence-corrected chi connectivity index (χ2v) is 5.00. The molecule has 0 spiro atoms. The smallest absolute Gasteiger partial charge is 0.0597 e. The largest absolute Gasteiger partial charge is 0.301 e. The first-order chi connectivity index (χ1) is 6.47. The Hall–Kier alpha value is -0.0800. The summed E-state index contributed by atoms with van der Waals surface area (Å²) in [7, 11) is 0. The van der Waals surface area contributed by atoms with E-state index >= 15 is 0 Å². The minimum Gasteiger partial charge on any atom is -0.301 e. The van der Waals surface area contributed by atoms with Crippen molar-refractivity contribution in [1.29, 1.82) is 0 Å². The van der Waals surface area contributed by atoms with Crippen LogP contribution in [0, 0.1) is 11.8 Å². The topological polar surface area (TPSA) is 24.1 Å². The van der Waals surface area contributed by atoms with Gasteiger partial charge in [0.2, 0.25) is 0 Å². The molecule has 86 valence electrons. The molecule has 14 heavy (non-hydrogen) atoms. The highest BCUT2D eigenvalue weighted by Crippen LogP contribution is 2.02. The van der Waals surface area contributed by atoms with Crippen molar-refractivity contribution < 1.29 is 0 Å². The molecule has 0 aromatic heterocycles. The van der Waals surface area contributed by atoms with E-state index in [1.807, 2.05) is 0 Å². The molecule has 0 aliphatic heterocycles. The van der Waals surface area contributed by atoms with Crippen LogP contribution in [-0.4, -0.2) is 18.8 Å². The lowest BCUT2D eigenvalue weighted by Crippen LogP contribution is -2.50. The van der Waals surface area contributed by atoms with Gasteiger partial charge in [0.05, 0.1) is 6.17 Å². The normalized spacial score (nSPS) is 16.3. The summed E-state index contributed by atoms with van der Waals surface area (Å²) in [6.45, 7) is 14.6. The van der Waals surface area contributed by atoms with E-state index in [0.717, 1.165) is 12.5 Å². The monoisotopic (exact) mass is 200 g/mol. The van der Waals surface area contributed by atoms with Gasteiger partial charge in [-0.15, -0.1) is 0 Å². The van der Waals surface area contributed by atoms with Crippen LogP contribution in [0.15, 0.2) is 0 Å². The first kappa shape index (κ1) is 13.9. The number of hydrogen-bond acceptors (Lipinski definition) is 2. The van der Waals surface area contributed by atoms with Crippen molar-refractivity contribution in [3.05, 3.63) is 0 Å². The van der Waals surface area contributed by atoms with Gasteiger partial charge in [-0.1, -0.05) is 34.6 Å². The Bertz CT molecular complexity index is 132. The van der Waals surface area contributed by atoms with Gasteiger partial charge in [0.15, 0.2) is 0 Å². The maximum absolute atomic E-state index is 3.61. The van der Waals surface area contributed by atoms with Crippen LogP contribution in [0.5, 0.6) is 0 Å². The Morgan fingerprint density at radius 1 is 1.00 bits per heavy atom. The minimum atomic E-state index is 0.451. The Kier molecular flexibility index (Phi) is 7.20. The molecule has 2 unspecified atom stereocenters. The first-order valence-corrected chi connectivity index (χ1v) is 5.96. The molecule has 2 atom stereocenters. The van der Waals surface area contributed by atoms with Crippen LogP contribution < -0.4 is 10.6 Å². The Morgan fingerprint density at radius 3 is 1.93 bits per heavy atom. The zero-order valence-electron chi connectivity index (χ0n) is 10.7. The summed E-state index contributed by atoms with van der Waals surface area (Å²) in [5, 5.41) is 7.18. The second-order valence-electron chi connectivity index (χ2n) is 5.00. The average molecular weight is 200 g/mol. The van der Waals surface area contributed by atoms with Gasteiger partial charge in [0.1, 0.15) is 0 Å². The summed E-state index contributed by atoms with van der Waals surface area (Å²) in [6.07, 6.45) is 1.64. The van der Waals surface area contributed by atoms with Gasteiger partial charge in [0.25, 0.3) is 0 Å². The predicted octanol–water partition coefficient (Wildman–Crippen LogP) is 2.60. The molecule has 0 bridgehead atoms. The Balaban J connectivity index is 3.90. The zero-order chi connectivity index (χ0) is 11.1. The quantitative estimate of drug-likeness (QED) is 0.617. The van der Waals surface area contributed by atoms with Crippen molar-refractivity contribution in [1.82, 2.24) is 10.6 Å². The standard InChI is InChI=1S/C12H28N2/c1-7-11(6)14-12(10(4)5)13-8-9(2)3/h9-14H,7-8H2,1-6H3. The van der Waals surface area contributed by atoms with E-state index in [0.29, 0.717) is 18.1 Å². The highest BCUT2D eigenvalue weighted by atomic mass is 15.1. The molecule has 0 fully saturated rings. The summed E-state index contributed by atoms with van der Waals surface area (Å²) < 4.78 is 0. The van der Waals surface area contributed by atoms with E-state index in [4.69, 9.17) is 0 Å². The van der Waals surface area contributed by atoms with Gasteiger partial charge in [-0.05, 0) is 31.7 Å². The third-order valence-corrected chi connectivity index (χ3v) is 2.49. The molecule has 0 radical (unpaired) electrons. The molecular weight excluding hydrogens is 172 g/mol. The maximum Gasteiger partial charge on any atom is 0.0597 e. The summed E-state index contributed by atoms with van der Waals surface area (Å²) in [5.74, 6) is 1.36. The van der Waals surface area contributed by atoms with Gasteiger partial charge in [0, 0.05) is 6.04 Å². The number of nitrogens with one attached hydrogen (secondary N) is 2. The molecule has 0 aromatic rings. The minimum absolute atomic E-state index is 0.451. The van der Waals surface area contributed by atoms with Crippen LogP contribution in [0.4, 0.5) is 0 Å². The fourth-order valence-electron chi connectivity index (χ4n) is 1.27. The number of hydrogen-bond donors (Lipinski definition) is 2. The lowest BCUT2D eigenvalue weighted by molar-refractivity contribution is 0.292. The molecular formula is C12H28N2. The van der Waals surface area contributed by atoms with Crippen LogP contribution in [0.1, 0.15) is 48.0 Å². The van der Waals surface area contributed by atoms with Gasteiger partial charge in [-0.25, -0.2) is 0 Å². The molecule has 2 heteroatoms. The predicted molar refractivity (Wildman–Crippen MR) is 64.4 cm³/mol. The zero-order valence-corrected chi connectivity index (χ0v) is 10.7. The molecule has 2 N–H and O–H groups in total. The van der Waals surface area contributed by atoms with Crippen molar-refractivity contribution in [2.45, 2.75) is 60.2 Å². The maximum atomic E-state index is 3.61. The van der Waals surface area contributed by atoms with Gasteiger partial charge < -0.3 is 5.32 Å². The van der Waals surface area contributed by atoms with Crippen molar-refractivity contribution in [2.24, 2.45) is 11.8 Å². The van der Waals surface area contributed by atoms with Crippen molar-refractivity contribution in [3.8, 4) is 0 Å². The molecule has 0 saturated carbocycles. The average Bonchev–Trinajstić information content (AvgIpc) is 2.10. The van der Waals surface area contributed by atoms with Gasteiger partial charge in [-0.2, -0.15) is 0 Å². The summed E-state index contributed by atoms with van der Waals surface area (Å²) in [5.41, 5.74) is 0. The van der Waals surface area contributed by atoms with E-state index in [9.17, 15) is 0 Å². The van der Waals surface area contributed by atoms with Crippen LogP contribution in [0.25, 0.3) is 0 Å². The fraction of sp³-hybridized carbons (Fsp3) is 1.00. The van der Waals surface area contributed by atoms with E-state index in [2.05, 4.69) is 52.2 Å². The highest BCUT2D eigenvalue weighted by Gasteiger charge is 2.14. The number of rotatable bonds is 7. The van der Waals surface area contributed by atoms with Crippen LogP contribution in [0.2, 0.25) is 0 Å². The first-order valence-electron chi connectivity index (χ1n) is 5.96. The van der Waals surface area contributed by atoms with E-state index in [1.165, 1.54) is 6.42 Å². The van der Waals surface area contributed by atoms with Gasteiger partial charge in [-0.3, -0.25) is 5.32 Å². The second kappa shape index (κ2) is 7.24. The molecule has 0 aromatic carbocycles. The molecule has 0 rings (SSSR count). The fourth-order valence-corrected chi connectivity index (χ4v) is 1.27. The lowest BCUT2D eigenvalue weighted by Gasteiger charge is -2.27. The third-order valence-electron chi connectivity index (χ3n) is 2.49. The Morgan fingerprint density at radius 2 is 1.57 bits per heavy atom. The molecule has 0 heterocycles. The molecule has 0 aliphatic carbocycles.